The summed E-state index contributed by atoms with van der Waals surface area (Å²) in [5.41, 5.74) is 9.73. The Bertz CT molecular complexity index is 1380. The number of benzene rings is 1. The van der Waals surface area contributed by atoms with Gasteiger partial charge in [0.1, 0.15) is 17.9 Å². The van der Waals surface area contributed by atoms with Crippen LogP contribution in [0, 0.1) is 5.41 Å². The summed E-state index contributed by atoms with van der Waals surface area (Å²) in [5.74, 6) is 2.20. The van der Waals surface area contributed by atoms with Gasteiger partial charge in [-0.25, -0.2) is 14.4 Å². The zero-order valence-electron chi connectivity index (χ0n) is 18.7. The number of piperidine rings is 1. The fourth-order valence-electron chi connectivity index (χ4n) is 5.28. The van der Waals surface area contributed by atoms with Gasteiger partial charge < -0.3 is 15.4 Å². The highest BCUT2D eigenvalue weighted by molar-refractivity contribution is 7.99. The molecule has 1 aliphatic carbocycles. The molecule has 8 nitrogen and oxygen atoms in total. The first-order valence-electron chi connectivity index (χ1n) is 11.2. The number of nitrogen functional groups attached to an aromatic ring is 1. The maximum atomic E-state index is 6.35. The van der Waals surface area contributed by atoms with Crippen molar-refractivity contribution >= 4 is 40.8 Å². The molecule has 2 N–H and O–H groups in total. The highest BCUT2D eigenvalue weighted by atomic mass is 35.5. The molecule has 0 radical (unpaired) electrons. The van der Waals surface area contributed by atoms with Crippen molar-refractivity contribution in [3.8, 4) is 5.75 Å². The lowest BCUT2D eigenvalue weighted by Gasteiger charge is -2.39. The van der Waals surface area contributed by atoms with Crippen molar-refractivity contribution in [3.05, 3.63) is 59.1 Å². The number of hydrogen-bond acceptors (Lipinski definition) is 8. The third-order valence-electron chi connectivity index (χ3n) is 7.06. The van der Waals surface area contributed by atoms with Gasteiger partial charge in [0.2, 0.25) is 5.95 Å². The van der Waals surface area contributed by atoms with Crippen LogP contribution in [-0.4, -0.2) is 44.8 Å². The molecule has 0 unspecified atom stereocenters. The lowest BCUT2D eigenvalue weighted by Crippen LogP contribution is -2.41. The predicted molar refractivity (Wildman–Crippen MR) is 133 cm³/mol. The molecular weight excluding hydrogens is 470 g/mol. The minimum atomic E-state index is 0.299. The Balaban J connectivity index is 1.23. The van der Waals surface area contributed by atoms with Gasteiger partial charge in [-0.15, -0.1) is 10.2 Å². The van der Waals surface area contributed by atoms with Crippen molar-refractivity contribution < 1.29 is 4.74 Å². The molecule has 6 rings (SSSR count). The average molecular weight is 494 g/mol. The molecule has 1 fully saturated rings. The van der Waals surface area contributed by atoms with Gasteiger partial charge in [-0.05, 0) is 54.4 Å². The molecule has 1 aliphatic heterocycles. The van der Waals surface area contributed by atoms with Crippen LogP contribution < -0.4 is 15.4 Å². The van der Waals surface area contributed by atoms with E-state index in [0.29, 0.717) is 16.3 Å². The summed E-state index contributed by atoms with van der Waals surface area (Å²) < 4.78 is 7.59. The standard InChI is InChI=1S/C24H24ClN7OS/c1-33-17-4-2-3-15-11-24(12-16(15)17)6-9-31(10-7-24)23-28-13-19(22-30-29-14-32(22)23)34-18-5-8-27-21(26)20(18)25/h2-5,8,13-14H,6-7,9-12H2,1H3,(H2,26,27). The molecular formula is C24H24ClN7OS. The molecule has 34 heavy (non-hydrogen) atoms. The van der Waals surface area contributed by atoms with Crippen LogP contribution in [0.2, 0.25) is 5.02 Å². The zero-order valence-corrected chi connectivity index (χ0v) is 20.3. The van der Waals surface area contributed by atoms with Crippen molar-refractivity contribution in [2.45, 2.75) is 35.5 Å². The van der Waals surface area contributed by atoms with Gasteiger partial charge in [0.25, 0.3) is 0 Å². The van der Waals surface area contributed by atoms with Crippen molar-refractivity contribution in [1.29, 1.82) is 0 Å². The van der Waals surface area contributed by atoms with E-state index in [1.165, 1.54) is 22.9 Å². The van der Waals surface area contributed by atoms with Crippen LogP contribution in [0.5, 0.6) is 5.75 Å². The number of halogens is 1. The smallest absolute Gasteiger partial charge is 0.212 e. The van der Waals surface area contributed by atoms with Gasteiger partial charge in [0.15, 0.2) is 5.65 Å². The maximum Gasteiger partial charge on any atom is 0.212 e. The van der Waals surface area contributed by atoms with Gasteiger partial charge in [-0.3, -0.25) is 0 Å². The van der Waals surface area contributed by atoms with Gasteiger partial charge in [0, 0.05) is 30.4 Å². The second-order valence-corrected chi connectivity index (χ2v) is 10.5. The van der Waals surface area contributed by atoms with Crippen LogP contribution in [0.4, 0.5) is 11.8 Å². The molecule has 0 bridgehead atoms. The number of hydrogen-bond donors (Lipinski definition) is 1. The summed E-state index contributed by atoms with van der Waals surface area (Å²) in [5, 5.41) is 8.96. The first-order valence-corrected chi connectivity index (χ1v) is 12.4. The quantitative estimate of drug-likeness (QED) is 0.449. The van der Waals surface area contributed by atoms with E-state index < -0.39 is 0 Å². The van der Waals surface area contributed by atoms with Crippen LogP contribution in [0.3, 0.4) is 0 Å². The summed E-state index contributed by atoms with van der Waals surface area (Å²) in [6, 6.07) is 8.27. The SMILES string of the molecule is COc1cccc2c1CC1(CCN(c3ncc(Sc4ccnc(N)c4Cl)c4nncn34)CC1)C2. The number of aromatic nitrogens is 5. The number of pyridine rings is 1. The van der Waals surface area contributed by atoms with Crippen LogP contribution >= 0.6 is 23.4 Å². The molecule has 1 aromatic carbocycles. The Hall–Kier alpha value is -3.04. The number of anilines is 2. The van der Waals surface area contributed by atoms with Gasteiger partial charge >= 0.3 is 0 Å². The van der Waals surface area contributed by atoms with E-state index in [9.17, 15) is 0 Å². The molecule has 1 spiro atoms. The van der Waals surface area contributed by atoms with Crippen LogP contribution in [-0.2, 0) is 12.8 Å². The van der Waals surface area contributed by atoms with Crippen molar-refractivity contribution in [2.24, 2.45) is 5.41 Å². The summed E-state index contributed by atoms with van der Waals surface area (Å²) in [4.78, 5) is 12.9. The van der Waals surface area contributed by atoms with E-state index in [2.05, 4.69) is 38.3 Å². The molecule has 1 saturated heterocycles. The molecule has 0 saturated carbocycles. The number of fused-ring (bicyclic) bond motifs is 2. The summed E-state index contributed by atoms with van der Waals surface area (Å²) in [6.07, 6.45) is 9.64. The highest BCUT2D eigenvalue weighted by Gasteiger charge is 2.41. The Morgan fingerprint density at radius 2 is 1.97 bits per heavy atom. The van der Waals surface area contributed by atoms with Crippen LogP contribution in [0.25, 0.3) is 5.65 Å². The fraction of sp³-hybridized carbons (Fsp3) is 0.333. The van der Waals surface area contributed by atoms with Crippen LogP contribution in [0.1, 0.15) is 24.0 Å². The molecule has 174 valence electrons. The summed E-state index contributed by atoms with van der Waals surface area (Å²) >= 11 is 7.81. The molecule has 2 aliphatic rings. The molecule has 0 amide bonds. The lowest BCUT2D eigenvalue weighted by atomic mass is 9.76. The maximum absolute atomic E-state index is 6.35. The Kier molecular flexibility index (Phi) is 5.26. The molecule has 10 heteroatoms. The van der Waals surface area contributed by atoms with Gasteiger partial charge in [-0.1, -0.05) is 35.5 Å². The number of nitrogens with two attached hydrogens (primary N) is 1. The number of ether oxygens (including phenoxy) is 1. The number of nitrogens with zero attached hydrogens (tertiary/aromatic N) is 6. The molecule has 4 heterocycles. The number of methoxy groups -OCH3 is 1. The van der Waals surface area contributed by atoms with E-state index in [4.69, 9.17) is 27.1 Å². The topological polar surface area (TPSA) is 94.5 Å². The molecule has 0 atom stereocenters. The van der Waals surface area contributed by atoms with Crippen LogP contribution in [0.15, 0.2) is 52.8 Å². The Morgan fingerprint density at radius 1 is 1.12 bits per heavy atom. The first kappa shape index (κ1) is 21.5. The van der Waals surface area contributed by atoms with E-state index >= 15 is 0 Å². The third-order valence-corrected chi connectivity index (χ3v) is 8.63. The fourth-order valence-corrected chi connectivity index (χ4v) is 6.40. The monoisotopic (exact) mass is 493 g/mol. The second-order valence-electron chi connectivity index (χ2n) is 9.00. The lowest BCUT2D eigenvalue weighted by molar-refractivity contribution is 0.230. The minimum absolute atomic E-state index is 0.299. The average Bonchev–Trinajstić information content (AvgIpc) is 3.48. The predicted octanol–water partition coefficient (Wildman–Crippen LogP) is 4.30. The first-order chi connectivity index (χ1) is 16.6. The Labute approximate surface area is 206 Å². The second kappa shape index (κ2) is 8.32. The molecule has 3 aromatic heterocycles. The van der Waals surface area contributed by atoms with E-state index in [-0.39, 0.29) is 0 Å². The van der Waals surface area contributed by atoms with Crippen molar-refractivity contribution in [2.75, 3.05) is 30.8 Å². The molecule has 4 aromatic rings. The van der Waals surface area contributed by atoms with E-state index in [1.54, 1.807) is 19.6 Å². The zero-order chi connectivity index (χ0) is 23.3. The highest BCUT2D eigenvalue weighted by Crippen LogP contribution is 2.47. The van der Waals surface area contributed by atoms with E-state index in [0.717, 1.165) is 65.9 Å². The normalized spacial score (nSPS) is 16.8. The van der Waals surface area contributed by atoms with Gasteiger partial charge in [0.05, 0.1) is 17.0 Å². The third kappa shape index (κ3) is 3.54. The summed E-state index contributed by atoms with van der Waals surface area (Å²) in [6.45, 7) is 1.88. The number of rotatable bonds is 4. The largest absolute Gasteiger partial charge is 0.496 e. The van der Waals surface area contributed by atoms with Crippen molar-refractivity contribution in [3.63, 3.8) is 0 Å². The van der Waals surface area contributed by atoms with Gasteiger partial charge in [-0.2, -0.15) is 0 Å². The minimum Gasteiger partial charge on any atom is -0.496 e. The Morgan fingerprint density at radius 3 is 2.79 bits per heavy atom. The summed E-state index contributed by atoms with van der Waals surface area (Å²) in [7, 11) is 1.76. The van der Waals surface area contributed by atoms with E-state index in [1.807, 2.05) is 16.7 Å². The van der Waals surface area contributed by atoms with Crippen molar-refractivity contribution in [1.82, 2.24) is 24.6 Å².